The van der Waals surface area contributed by atoms with Crippen LogP contribution >= 0.6 is 15.9 Å². The Kier molecular flexibility index (Phi) is 5.94. The third-order valence-corrected chi connectivity index (χ3v) is 7.81. The van der Waals surface area contributed by atoms with Crippen LogP contribution in [-0.4, -0.2) is 9.97 Å². The number of hydrogen-bond acceptors (Lipinski definition) is 4. The van der Waals surface area contributed by atoms with Gasteiger partial charge in [0, 0.05) is 35.6 Å². The minimum absolute atomic E-state index is 0.0535. The van der Waals surface area contributed by atoms with E-state index < -0.39 is 17.3 Å². The molecule has 0 aliphatic heterocycles. The van der Waals surface area contributed by atoms with Crippen LogP contribution in [0.3, 0.4) is 0 Å². The highest BCUT2D eigenvalue weighted by Crippen LogP contribution is 2.57. The molecule has 5 N–H and O–H groups in total. The first-order valence-electron chi connectivity index (χ1n) is 10.7. The molecule has 31 heavy (non-hydrogen) atoms. The summed E-state index contributed by atoms with van der Waals surface area (Å²) in [6.45, 7) is 4.43. The van der Waals surface area contributed by atoms with E-state index in [-0.39, 0.29) is 29.5 Å². The highest BCUT2D eigenvalue weighted by molar-refractivity contribution is 9.10. The van der Waals surface area contributed by atoms with Gasteiger partial charge in [0.25, 0.3) is 0 Å². The summed E-state index contributed by atoms with van der Waals surface area (Å²) in [4.78, 5) is 18.3. The molecule has 3 aliphatic carbocycles. The minimum Gasteiger partial charge on any atom is -0.401 e. The normalized spacial score (nSPS) is 31.7. The Bertz CT molecular complexity index is 1080. The standard InChI is InChI=1S/C23H27BrF2N4O/c1-10-11(2)19(10)12-6-7-13(22-15(24)9-29-23(31)30-22)21(28)14(12)8-18(27)20-16(25)4-3-5-17(20)26/h4,8-13,19H,3,5-7,27-28H2,1-2H3,(H,29,30,31)/b18-8-. The molecule has 5 nitrogen and oxygen atoms in total. The van der Waals surface area contributed by atoms with Gasteiger partial charge < -0.3 is 16.5 Å². The number of aromatic nitrogens is 2. The van der Waals surface area contributed by atoms with E-state index in [1.54, 1.807) is 6.08 Å². The van der Waals surface area contributed by atoms with Crippen LogP contribution in [0.1, 0.15) is 51.1 Å². The summed E-state index contributed by atoms with van der Waals surface area (Å²) in [5.74, 6) is 0.300. The lowest BCUT2D eigenvalue weighted by molar-refractivity contribution is 0.404. The van der Waals surface area contributed by atoms with Gasteiger partial charge in [-0.1, -0.05) is 13.8 Å². The quantitative estimate of drug-likeness (QED) is 0.559. The number of H-pyrrole nitrogens is 1. The average Bonchev–Trinajstić information content (AvgIpc) is 3.31. The predicted octanol–water partition coefficient (Wildman–Crippen LogP) is 4.85. The Morgan fingerprint density at radius 3 is 2.65 bits per heavy atom. The average molecular weight is 493 g/mol. The third-order valence-electron chi connectivity index (χ3n) is 7.18. The van der Waals surface area contributed by atoms with Crippen molar-refractivity contribution in [2.24, 2.45) is 35.1 Å². The zero-order chi connectivity index (χ0) is 22.4. The second-order valence-electron chi connectivity index (χ2n) is 8.86. The van der Waals surface area contributed by atoms with Gasteiger partial charge in [0.2, 0.25) is 0 Å². The van der Waals surface area contributed by atoms with Crippen LogP contribution in [-0.2, 0) is 0 Å². The maximum absolute atomic E-state index is 14.4. The Morgan fingerprint density at radius 2 is 2.00 bits per heavy atom. The Hall–Kier alpha value is -2.22. The van der Waals surface area contributed by atoms with Crippen LogP contribution in [0.2, 0.25) is 0 Å². The Labute approximate surface area is 188 Å². The molecule has 8 heteroatoms. The van der Waals surface area contributed by atoms with Gasteiger partial charge in [-0.25, -0.2) is 18.6 Å². The maximum Gasteiger partial charge on any atom is 0.345 e. The van der Waals surface area contributed by atoms with Crippen LogP contribution in [0.5, 0.6) is 0 Å². The minimum atomic E-state index is -0.630. The Morgan fingerprint density at radius 1 is 1.29 bits per heavy atom. The lowest BCUT2D eigenvalue weighted by Crippen LogP contribution is -2.27. The van der Waals surface area contributed by atoms with E-state index in [0.717, 1.165) is 18.4 Å². The van der Waals surface area contributed by atoms with Gasteiger partial charge in [-0.2, -0.15) is 0 Å². The molecule has 0 amide bonds. The molecule has 0 radical (unpaired) electrons. The third kappa shape index (κ3) is 4.02. The molecule has 1 heterocycles. The van der Waals surface area contributed by atoms with E-state index in [4.69, 9.17) is 11.5 Å². The first-order valence-corrected chi connectivity index (χ1v) is 11.5. The molecule has 1 saturated carbocycles. The van der Waals surface area contributed by atoms with E-state index in [0.29, 0.717) is 40.0 Å². The van der Waals surface area contributed by atoms with Gasteiger partial charge in [-0.3, -0.25) is 0 Å². The summed E-state index contributed by atoms with van der Waals surface area (Å²) in [5, 5.41) is 0. The van der Waals surface area contributed by atoms with Crippen LogP contribution in [0.4, 0.5) is 8.78 Å². The highest BCUT2D eigenvalue weighted by Gasteiger charge is 2.50. The number of nitrogens with two attached hydrogens (primary N) is 2. The summed E-state index contributed by atoms with van der Waals surface area (Å²) < 4.78 is 29.4. The van der Waals surface area contributed by atoms with Gasteiger partial charge in [-0.05, 0) is 76.6 Å². The Balaban J connectivity index is 1.81. The van der Waals surface area contributed by atoms with E-state index >= 15 is 0 Å². The lowest BCUT2D eigenvalue weighted by Gasteiger charge is -2.32. The molecule has 3 aliphatic rings. The molecule has 1 fully saturated rings. The summed E-state index contributed by atoms with van der Waals surface area (Å²) in [5.41, 5.74) is 14.4. The fraction of sp³-hybridized carbons (Fsp3) is 0.478. The molecule has 166 valence electrons. The number of halogens is 3. The molecular weight excluding hydrogens is 466 g/mol. The highest BCUT2D eigenvalue weighted by atomic mass is 79.9. The van der Waals surface area contributed by atoms with Crippen molar-refractivity contribution in [1.29, 1.82) is 0 Å². The van der Waals surface area contributed by atoms with Crippen molar-refractivity contribution in [2.75, 3.05) is 0 Å². The number of nitrogens with one attached hydrogen (secondary N) is 1. The van der Waals surface area contributed by atoms with Crippen LogP contribution < -0.4 is 17.2 Å². The number of aromatic amines is 1. The molecular formula is C23H27BrF2N4O. The second-order valence-corrected chi connectivity index (χ2v) is 9.72. The molecule has 4 unspecified atom stereocenters. The van der Waals surface area contributed by atoms with Gasteiger partial charge in [0.15, 0.2) is 0 Å². The molecule has 1 aromatic heterocycles. The number of hydrogen-bond donors (Lipinski definition) is 3. The smallest absolute Gasteiger partial charge is 0.345 e. The second kappa shape index (κ2) is 8.37. The van der Waals surface area contributed by atoms with E-state index in [9.17, 15) is 13.6 Å². The molecule has 4 rings (SSSR count). The van der Waals surface area contributed by atoms with Crippen molar-refractivity contribution in [1.82, 2.24) is 9.97 Å². The summed E-state index contributed by atoms with van der Waals surface area (Å²) in [6, 6.07) is 0. The van der Waals surface area contributed by atoms with E-state index in [1.165, 1.54) is 12.3 Å². The molecule has 4 atom stereocenters. The van der Waals surface area contributed by atoms with Crippen LogP contribution in [0.25, 0.3) is 0 Å². The monoisotopic (exact) mass is 492 g/mol. The molecule has 0 saturated heterocycles. The summed E-state index contributed by atoms with van der Waals surface area (Å²) >= 11 is 3.45. The number of rotatable bonds is 4. The molecule has 0 spiro atoms. The molecule has 1 aromatic rings. The van der Waals surface area contributed by atoms with Gasteiger partial charge in [-0.15, -0.1) is 0 Å². The van der Waals surface area contributed by atoms with E-state index in [1.807, 2.05) is 0 Å². The van der Waals surface area contributed by atoms with Crippen molar-refractivity contribution >= 4 is 15.9 Å². The zero-order valence-corrected chi connectivity index (χ0v) is 19.2. The van der Waals surface area contributed by atoms with E-state index in [2.05, 4.69) is 39.7 Å². The number of allylic oxidation sites excluding steroid dienone is 6. The predicted molar refractivity (Wildman–Crippen MR) is 120 cm³/mol. The van der Waals surface area contributed by atoms with Crippen molar-refractivity contribution in [3.63, 3.8) is 0 Å². The molecule has 0 aromatic carbocycles. The summed E-state index contributed by atoms with van der Waals surface area (Å²) in [7, 11) is 0. The zero-order valence-electron chi connectivity index (χ0n) is 17.6. The van der Waals surface area contributed by atoms with Crippen molar-refractivity contribution in [3.05, 3.63) is 73.2 Å². The first kappa shape index (κ1) is 22.0. The SMILES string of the molecule is CC1C(C)C1C1CCC(c2[nH]c(=O)ncc2Br)C(N)=C1/C=C(\N)C1=C(F)CCC=C1F. The van der Waals surface area contributed by atoms with Crippen LogP contribution in [0, 0.1) is 23.7 Å². The first-order chi connectivity index (χ1) is 14.7. The largest absolute Gasteiger partial charge is 0.401 e. The number of nitrogens with zero attached hydrogens (tertiary/aromatic N) is 1. The van der Waals surface area contributed by atoms with Crippen LogP contribution in [0.15, 0.2) is 61.8 Å². The summed E-state index contributed by atoms with van der Waals surface area (Å²) in [6.07, 6.45) is 6.55. The lowest BCUT2D eigenvalue weighted by atomic mass is 9.75. The maximum atomic E-state index is 14.4. The van der Waals surface area contributed by atoms with Gasteiger partial charge >= 0.3 is 5.69 Å². The topological polar surface area (TPSA) is 97.8 Å². The fourth-order valence-electron chi connectivity index (χ4n) is 5.26. The fourth-order valence-corrected chi connectivity index (χ4v) is 5.74. The van der Waals surface area contributed by atoms with Crippen molar-refractivity contribution < 1.29 is 8.78 Å². The van der Waals surface area contributed by atoms with Crippen molar-refractivity contribution in [3.8, 4) is 0 Å². The van der Waals surface area contributed by atoms with Crippen molar-refractivity contribution in [2.45, 2.75) is 45.4 Å². The van der Waals surface area contributed by atoms with Gasteiger partial charge in [0.1, 0.15) is 11.7 Å². The van der Waals surface area contributed by atoms with Gasteiger partial charge in [0.05, 0.1) is 10.0 Å². The molecule has 0 bridgehead atoms.